The molecule has 3 aromatic carbocycles. The molecule has 0 spiro atoms. The number of nitrogens with zero attached hydrogens (tertiary/aromatic N) is 1. The molecule has 1 fully saturated rings. The van der Waals surface area contributed by atoms with Crippen molar-refractivity contribution in [1.82, 2.24) is 4.90 Å². The first-order chi connectivity index (χ1) is 14.5. The molecule has 1 aliphatic heterocycles. The van der Waals surface area contributed by atoms with Crippen molar-refractivity contribution in [2.75, 3.05) is 13.1 Å². The van der Waals surface area contributed by atoms with E-state index in [0.29, 0.717) is 5.56 Å². The van der Waals surface area contributed by atoms with Crippen LogP contribution in [0.3, 0.4) is 0 Å². The number of thioether (sulfide) groups is 1. The number of benzene rings is 3. The molecular formula is C26H29F2NS. The molecule has 1 heterocycles. The third kappa shape index (κ3) is 5.30. The van der Waals surface area contributed by atoms with E-state index in [4.69, 9.17) is 0 Å². The Kier molecular flexibility index (Phi) is 7.68. The maximum Gasteiger partial charge on any atom is 0.126 e. The molecule has 4 rings (SSSR count). The lowest BCUT2D eigenvalue weighted by Gasteiger charge is -2.30. The first-order valence-electron chi connectivity index (χ1n) is 10.5. The van der Waals surface area contributed by atoms with E-state index < -0.39 is 0 Å². The molecule has 1 aliphatic rings. The number of halogens is 2. The zero-order valence-corrected chi connectivity index (χ0v) is 18.7. The van der Waals surface area contributed by atoms with Crippen LogP contribution in [0.4, 0.5) is 8.78 Å². The van der Waals surface area contributed by atoms with Crippen LogP contribution in [0.25, 0.3) is 0 Å². The Bertz CT molecular complexity index is 943. The Hall–Kier alpha value is -2.17. The lowest BCUT2D eigenvalue weighted by molar-refractivity contribution is 0.323. The molecule has 30 heavy (non-hydrogen) atoms. The Morgan fingerprint density at radius 2 is 1.63 bits per heavy atom. The molecule has 1 nitrogen and oxygen atoms in total. The van der Waals surface area contributed by atoms with E-state index in [2.05, 4.69) is 29.2 Å². The van der Waals surface area contributed by atoms with Crippen molar-refractivity contribution in [3.63, 3.8) is 0 Å². The van der Waals surface area contributed by atoms with Crippen LogP contribution in [0, 0.1) is 18.6 Å². The van der Waals surface area contributed by atoms with Crippen LogP contribution in [-0.4, -0.2) is 18.0 Å². The van der Waals surface area contributed by atoms with E-state index in [1.807, 2.05) is 44.2 Å². The third-order valence-electron chi connectivity index (χ3n) is 5.38. The van der Waals surface area contributed by atoms with Gasteiger partial charge in [-0.3, -0.25) is 4.90 Å². The van der Waals surface area contributed by atoms with Crippen LogP contribution in [0.15, 0.2) is 77.7 Å². The standard InChI is InChI=1S/C24H23F2NS.C2H6/c1-18-7-8-20(15-23(18)26)24(28-22-11-9-21(25)10-12-22)13-14-27(17-24)16-19-5-3-2-4-6-19;1-2/h2-12,15H,13-14,16-17H2,1H3;1-2H3/t24-;/m1./s1. The van der Waals surface area contributed by atoms with E-state index in [-0.39, 0.29) is 16.4 Å². The number of rotatable bonds is 5. The average Bonchev–Trinajstić information content (AvgIpc) is 3.17. The summed E-state index contributed by atoms with van der Waals surface area (Å²) in [7, 11) is 0. The van der Waals surface area contributed by atoms with Gasteiger partial charge < -0.3 is 0 Å². The fourth-order valence-corrected chi connectivity index (χ4v) is 5.23. The van der Waals surface area contributed by atoms with Gasteiger partial charge in [-0.2, -0.15) is 0 Å². The second kappa shape index (κ2) is 10.2. The third-order valence-corrected chi connectivity index (χ3v) is 6.85. The van der Waals surface area contributed by atoms with Crippen molar-refractivity contribution in [2.45, 2.75) is 43.4 Å². The summed E-state index contributed by atoms with van der Waals surface area (Å²) in [4.78, 5) is 3.42. The summed E-state index contributed by atoms with van der Waals surface area (Å²) in [5.41, 5.74) is 2.94. The van der Waals surface area contributed by atoms with Gasteiger partial charge in [-0.05, 0) is 60.4 Å². The van der Waals surface area contributed by atoms with E-state index in [1.165, 1.54) is 17.7 Å². The van der Waals surface area contributed by atoms with Gasteiger partial charge in [-0.1, -0.05) is 56.3 Å². The van der Waals surface area contributed by atoms with Gasteiger partial charge in [0, 0.05) is 24.5 Å². The summed E-state index contributed by atoms with van der Waals surface area (Å²) in [5, 5.41) is 0. The zero-order valence-electron chi connectivity index (χ0n) is 17.9. The van der Waals surface area contributed by atoms with Gasteiger partial charge in [-0.25, -0.2) is 8.78 Å². The minimum atomic E-state index is -0.249. The number of hydrogen-bond donors (Lipinski definition) is 0. The molecule has 0 N–H and O–H groups in total. The smallest absolute Gasteiger partial charge is 0.126 e. The molecule has 1 atom stereocenters. The van der Waals surface area contributed by atoms with Crippen molar-refractivity contribution >= 4 is 11.8 Å². The van der Waals surface area contributed by atoms with Gasteiger partial charge in [0.25, 0.3) is 0 Å². The molecule has 0 amide bonds. The highest BCUT2D eigenvalue weighted by Crippen LogP contribution is 2.48. The van der Waals surface area contributed by atoms with E-state index in [0.717, 1.165) is 36.5 Å². The molecule has 0 aromatic heterocycles. The second-order valence-electron chi connectivity index (χ2n) is 7.46. The summed E-state index contributed by atoms with van der Waals surface area (Å²) in [6, 6.07) is 22.6. The lowest BCUT2D eigenvalue weighted by Crippen LogP contribution is -2.28. The van der Waals surface area contributed by atoms with E-state index >= 15 is 0 Å². The van der Waals surface area contributed by atoms with Crippen molar-refractivity contribution in [3.05, 3.63) is 101 Å². The van der Waals surface area contributed by atoms with Crippen molar-refractivity contribution < 1.29 is 8.78 Å². The minimum Gasteiger partial charge on any atom is -0.297 e. The SMILES string of the molecule is CC.Cc1ccc([C@@]2(Sc3ccc(F)cc3)CCN(Cc3ccccc3)C2)cc1F. The molecule has 4 heteroatoms. The highest BCUT2D eigenvalue weighted by molar-refractivity contribution is 8.00. The van der Waals surface area contributed by atoms with Crippen molar-refractivity contribution in [3.8, 4) is 0 Å². The van der Waals surface area contributed by atoms with Gasteiger partial charge in [-0.15, -0.1) is 11.8 Å². The number of likely N-dealkylation sites (tertiary alicyclic amines) is 1. The molecule has 1 saturated heterocycles. The van der Waals surface area contributed by atoms with Crippen LogP contribution < -0.4 is 0 Å². The summed E-state index contributed by atoms with van der Waals surface area (Å²) in [6.45, 7) is 8.43. The van der Waals surface area contributed by atoms with Crippen molar-refractivity contribution in [2.24, 2.45) is 0 Å². The molecule has 0 saturated carbocycles. The Balaban J connectivity index is 0.00000124. The fraction of sp³-hybridized carbons (Fsp3) is 0.308. The second-order valence-corrected chi connectivity index (χ2v) is 8.92. The maximum atomic E-state index is 14.4. The van der Waals surface area contributed by atoms with Crippen LogP contribution in [0.5, 0.6) is 0 Å². The summed E-state index contributed by atoms with van der Waals surface area (Å²) < 4.78 is 27.5. The Morgan fingerprint density at radius 1 is 0.933 bits per heavy atom. The average molecular weight is 426 g/mol. The van der Waals surface area contributed by atoms with Gasteiger partial charge in [0.05, 0.1) is 4.75 Å². The molecule has 3 aromatic rings. The van der Waals surface area contributed by atoms with Gasteiger partial charge in [0.2, 0.25) is 0 Å². The summed E-state index contributed by atoms with van der Waals surface area (Å²) in [5.74, 6) is -0.407. The van der Waals surface area contributed by atoms with Crippen molar-refractivity contribution in [1.29, 1.82) is 0 Å². The molecule has 0 unspecified atom stereocenters. The predicted molar refractivity (Wildman–Crippen MR) is 123 cm³/mol. The lowest BCUT2D eigenvalue weighted by atomic mass is 9.96. The molecule has 0 radical (unpaired) electrons. The van der Waals surface area contributed by atoms with Crippen LogP contribution >= 0.6 is 11.8 Å². The first kappa shape index (κ1) is 22.5. The van der Waals surface area contributed by atoms with Crippen LogP contribution in [0.2, 0.25) is 0 Å². The molecule has 158 valence electrons. The quantitative estimate of drug-likeness (QED) is 0.425. The molecule has 0 aliphatic carbocycles. The highest BCUT2D eigenvalue weighted by atomic mass is 32.2. The minimum absolute atomic E-state index is 0.168. The number of aryl methyl sites for hydroxylation is 1. The first-order valence-corrected chi connectivity index (χ1v) is 11.3. The van der Waals surface area contributed by atoms with Gasteiger partial charge in [0.15, 0.2) is 0 Å². The summed E-state index contributed by atoms with van der Waals surface area (Å²) >= 11 is 1.71. The summed E-state index contributed by atoms with van der Waals surface area (Å²) in [6.07, 6.45) is 0.921. The van der Waals surface area contributed by atoms with Crippen LogP contribution in [-0.2, 0) is 11.3 Å². The Labute approximate surface area is 183 Å². The fourth-order valence-electron chi connectivity index (χ4n) is 3.82. The largest absolute Gasteiger partial charge is 0.297 e. The van der Waals surface area contributed by atoms with E-state index in [9.17, 15) is 8.78 Å². The number of hydrogen-bond acceptors (Lipinski definition) is 2. The Morgan fingerprint density at radius 3 is 2.30 bits per heavy atom. The highest BCUT2D eigenvalue weighted by Gasteiger charge is 2.41. The van der Waals surface area contributed by atoms with Gasteiger partial charge >= 0.3 is 0 Å². The van der Waals surface area contributed by atoms with Crippen LogP contribution in [0.1, 0.15) is 37.0 Å². The predicted octanol–water partition coefficient (Wildman–Crippen LogP) is 7.19. The van der Waals surface area contributed by atoms with E-state index in [1.54, 1.807) is 24.8 Å². The topological polar surface area (TPSA) is 3.24 Å². The maximum absolute atomic E-state index is 14.4. The molecule has 0 bridgehead atoms. The monoisotopic (exact) mass is 425 g/mol. The zero-order chi connectivity index (χ0) is 21.6. The normalized spacial score (nSPS) is 18.7. The van der Waals surface area contributed by atoms with Gasteiger partial charge in [0.1, 0.15) is 11.6 Å². The molecular weight excluding hydrogens is 396 g/mol.